The highest BCUT2D eigenvalue weighted by atomic mass is 19.4. The van der Waals surface area contributed by atoms with Crippen molar-refractivity contribution in [3.05, 3.63) is 65.6 Å². The van der Waals surface area contributed by atoms with Crippen LogP contribution in [-0.4, -0.2) is 25.9 Å². The van der Waals surface area contributed by atoms with E-state index in [4.69, 9.17) is 0 Å². The Balaban J connectivity index is 2.02. The molecule has 1 amide bonds. The molecule has 0 aliphatic heterocycles. The number of aromatic nitrogens is 4. The van der Waals surface area contributed by atoms with E-state index >= 15 is 0 Å². The minimum absolute atomic E-state index is 0.132. The van der Waals surface area contributed by atoms with E-state index in [1.54, 1.807) is 31.2 Å². The molecule has 6 nitrogen and oxygen atoms in total. The maximum atomic E-state index is 13.5. The van der Waals surface area contributed by atoms with Crippen molar-refractivity contribution in [2.24, 2.45) is 0 Å². The molecule has 0 atom stereocenters. The first-order valence-electron chi connectivity index (χ1n) is 7.18. The average Bonchev–Trinajstić information content (AvgIpc) is 3.01. The van der Waals surface area contributed by atoms with Crippen molar-refractivity contribution in [1.29, 1.82) is 0 Å². The summed E-state index contributed by atoms with van der Waals surface area (Å²) in [4.78, 5) is 16.2. The van der Waals surface area contributed by atoms with Crippen LogP contribution in [0.4, 0.5) is 19.0 Å². The monoisotopic (exact) mass is 347 g/mol. The number of nitrogens with zero attached hydrogens (tertiary/aromatic N) is 4. The van der Waals surface area contributed by atoms with E-state index in [9.17, 15) is 18.0 Å². The van der Waals surface area contributed by atoms with Gasteiger partial charge in [-0.05, 0) is 36.8 Å². The highest BCUT2D eigenvalue weighted by Crippen LogP contribution is 2.32. The Hall–Kier alpha value is -3.23. The Labute approximate surface area is 140 Å². The maximum Gasteiger partial charge on any atom is 0.435 e. The van der Waals surface area contributed by atoms with Gasteiger partial charge in [-0.3, -0.25) is 4.79 Å². The van der Waals surface area contributed by atoms with Crippen LogP contribution in [0.15, 0.2) is 48.7 Å². The van der Waals surface area contributed by atoms with Gasteiger partial charge < -0.3 is 5.32 Å². The van der Waals surface area contributed by atoms with Crippen molar-refractivity contribution >= 4 is 11.7 Å². The summed E-state index contributed by atoms with van der Waals surface area (Å²) in [5.74, 6) is -0.903. The van der Waals surface area contributed by atoms with Crippen LogP contribution in [0.2, 0.25) is 0 Å². The zero-order chi connectivity index (χ0) is 18.0. The quantitative estimate of drug-likeness (QED) is 0.789. The Kier molecular flexibility index (Phi) is 4.22. The van der Waals surface area contributed by atoms with Gasteiger partial charge in [0.2, 0.25) is 0 Å². The number of aryl methyl sites for hydroxylation is 1. The van der Waals surface area contributed by atoms with E-state index in [1.807, 2.05) is 0 Å². The molecule has 0 saturated carbocycles. The van der Waals surface area contributed by atoms with Gasteiger partial charge in [0.05, 0.1) is 5.69 Å². The molecule has 25 heavy (non-hydrogen) atoms. The van der Waals surface area contributed by atoms with Crippen molar-refractivity contribution in [3.8, 4) is 5.69 Å². The molecule has 0 bridgehead atoms. The first kappa shape index (κ1) is 16.6. The fraction of sp³-hybridized carbons (Fsp3) is 0.125. The number of para-hydroxylation sites is 1. The van der Waals surface area contributed by atoms with E-state index in [1.165, 1.54) is 24.4 Å². The summed E-state index contributed by atoms with van der Waals surface area (Å²) in [5.41, 5.74) is -1.12. The minimum atomic E-state index is -4.81. The molecule has 9 heteroatoms. The maximum absolute atomic E-state index is 13.5. The first-order chi connectivity index (χ1) is 11.9. The van der Waals surface area contributed by atoms with Crippen LogP contribution in [0.5, 0.6) is 0 Å². The molecule has 0 spiro atoms. The standard InChI is InChI=1S/C16H12F3N5O/c1-10-7-8-20-12(9-10)21-15(25)13-14(16(17,18)19)24(23-22-13)11-5-3-2-4-6-11/h2-9H,1H3,(H,20,21,25). The second-order valence-corrected chi connectivity index (χ2v) is 5.20. The zero-order valence-corrected chi connectivity index (χ0v) is 12.9. The molecule has 0 saturated heterocycles. The molecule has 0 aliphatic carbocycles. The number of alkyl halides is 3. The van der Waals surface area contributed by atoms with E-state index < -0.39 is 23.5 Å². The van der Waals surface area contributed by atoms with E-state index in [0.717, 1.165) is 5.56 Å². The minimum Gasteiger partial charge on any atom is -0.305 e. The van der Waals surface area contributed by atoms with E-state index in [-0.39, 0.29) is 11.5 Å². The molecular formula is C16H12F3N5O. The van der Waals surface area contributed by atoms with Crippen molar-refractivity contribution < 1.29 is 18.0 Å². The van der Waals surface area contributed by atoms with Crippen molar-refractivity contribution in [2.75, 3.05) is 5.32 Å². The predicted octanol–water partition coefficient (Wildman–Crippen LogP) is 3.24. The lowest BCUT2D eigenvalue weighted by Gasteiger charge is -2.11. The smallest absolute Gasteiger partial charge is 0.305 e. The molecule has 0 unspecified atom stereocenters. The molecule has 1 N–H and O–H groups in total. The number of anilines is 1. The third-order valence-electron chi connectivity index (χ3n) is 3.31. The lowest BCUT2D eigenvalue weighted by atomic mass is 10.2. The van der Waals surface area contributed by atoms with Gasteiger partial charge in [0.1, 0.15) is 5.82 Å². The van der Waals surface area contributed by atoms with Crippen LogP contribution in [-0.2, 0) is 6.18 Å². The van der Waals surface area contributed by atoms with Crippen LogP contribution < -0.4 is 5.32 Å². The molecule has 128 valence electrons. The molecule has 2 aromatic heterocycles. The number of benzene rings is 1. The number of nitrogens with one attached hydrogen (secondary N) is 1. The Morgan fingerprint density at radius 3 is 2.52 bits per heavy atom. The number of rotatable bonds is 3. The van der Waals surface area contributed by atoms with Crippen LogP contribution >= 0.6 is 0 Å². The van der Waals surface area contributed by atoms with Crippen molar-refractivity contribution in [1.82, 2.24) is 20.0 Å². The third kappa shape index (κ3) is 3.49. The summed E-state index contributed by atoms with van der Waals surface area (Å²) >= 11 is 0. The Morgan fingerprint density at radius 2 is 1.88 bits per heavy atom. The molecule has 3 aromatic rings. The van der Waals surface area contributed by atoms with Crippen LogP contribution in [0, 0.1) is 6.92 Å². The van der Waals surface area contributed by atoms with Crippen molar-refractivity contribution in [3.63, 3.8) is 0 Å². The van der Waals surface area contributed by atoms with Gasteiger partial charge in [-0.2, -0.15) is 13.2 Å². The topological polar surface area (TPSA) is 72.7 Å². The van der Waals surface area contributed by atoms with Crippen LogP contribution in [0.25, 0.3) is 5.69 Å². The fourth-order valence-corrected chi connectivity index (χ4v) is 2.22. The van der Waals surface area contributed by atoms with Gasteiger partial charge in [0, 0.05) is 6.20 Å². The number of pyridine rings is 1. The summed E-state index contributed by atoms with van der Waals surface area (Å²) in [6, 6.07) is 10.9. The first-order valence-corrected chi connectivity index (χ1v) is 7.18. The molecule has 0 radical (unpaired) electrons. The molecule has 2 heterocycles. The van der Waals surface area contributed by atoms with Crippen LogP contribution in [0.1, 0.15) is 21.7 Å². The van der Waals surface area contributed by atoms with E-state index in [2.05, 4.69) is 20.6 Å². The summed E-state index contributed by atoms with van der Waals surface area (Å²) in [5, 5.41) is 9.24. The van der Waals surface area contributed by atoms with Crippen molar-refractivity contribution in [2.45, 2.75) is 13.1 Å². The van der Waals surface area contributed by atoms with Gasteiger partial charge in [-0.25, -0.2) is 9.67 Å². The number of hydrogen-bond acceptors (Lipinski definition) is 4. The number of carbonyl (C=O) groups is 1. The highest BCUT2D eigenvalue weighted by Gasteiger charge is 2.42. The second-order valence-electron chi connectivity index (χ2n) is 5.20. The molecule has 3 rings (SSSR count). The summed E-state index contributed by atoms with van der Waals surface area (Å²) in [6.45, 7) is 1.77. The number of amides is 1. The van der Waals surface area contributed by atoms with E-state index in [0.29, 0.717) is 4.68 Å². The third-order valence-corrected chi connectivity index (χ3v) is 3.31. The normalized spacial score (nSPS) is 11.4. The lowest BCUT2D eigenvalue weighted by molar-refractivity contribution is -0.143. The van der Waals surface area contributed by atoms with Gasteiger partial charge in [0.15, 0.2) is 11.4 Å². The van der Waals surface area contributed by atoms with Gasteiger partial charge >= 0.3 is 6.18 Å². The molecule has 0 aliphatic rings. The average molecular weight is 347 g/mol. The second kappa shape index (κ2) is 6.34. The summed E-state index contributed by atoms with van der Waals surface area (Å²) < 4.78 is 41.1. The predicted molar refractivity (Wildman–Crippen MR) is 83.3 cm³/mol. The van der Waals surface area contributed by atoms with Crippen LogP contribution in [0.3, 0.4) is 0 Å². The molecule has 1 aromatic carbocycles. The van der Waals surface area contributed by atoms with Gasteiger partial charge in [-0.1, -0.05) is 23.4 Å². The summed E-state index contributed by atoms with van der Waals surface area (Å²) in [7, 11) is 0. The van der Waals surface area contributed by atoms with Gasteiger partial charge in [-0.15, -0.1) is 5.10 Å². The Morgan fingerprint density at radius 1 is 1.16 bits per heavy atom. The number of halogens is 3. The lowest BCUT2D eigenvalue weighted by Crippen LogP contribution is -2.21. The molecule has 0 fully saturated rings. The van der Waals surface area contributed by atoms with Gasteiger partial charge in [0.25, 0.3) is 5.91 Å². The fourth-order valence-electron chi connectivity index (χ4n) is 2.22. The summed E-state index contributed by atoms with van der Waals surface area (Å²) in [6.07, 6.45) is -3.37. The number of carbonyl (C=O) groups excluding carboxylic acids is 1. The zero-order valence-electron chi connectivity index (χ0n) is 12.9. The number of hydrogen-bond donors (Lipinski definition) is 1. The highest BCUT2D eigenvalue weighted by molar-refractivity contribution is 6.03. The molecular weight excluding hydrogens is 335 g/mol. The largest absolute Gasteiger partial charge is 0.435 e. The Bertz CT molecular complexity index is 906. The SMILES string of the molecule is Cc1ccnc(NC(=O)c2nnn(-c3ccccc3)c2C(F)(F)F)c1.